The van der Waals surface area contributed by atoms with Gasteiger partial charge in [-0.2, -0.15) is 0 Å². The number of hydrogen-bond acceptors (Lipinski definition) is 1. The van der Waals surface area contributed by atoms with Crippen molar-refractivity contribution in [2.45, 2.75) is 40.2 Å². The van der Waals surface area contributed by atoms with E-state index in [9.17, 15) is 0 Å². The Labute approximate surface area is 123 Å². The molecule has 0 fully saturated rings. The van der Waals surface area contributed by atoms with Crippen LogP contribution in [0.25, 0.3) is 0 Å². The summed E-state index contributed by atoms with van der Waals surface area (Å²) in [6.45, 7) is 8.91. The first-order valence-corrected chi connectivity index (χ1v) is 7.42. The summed E-state index contributed by atoms with van der Waals surface area (Å²) in [6, 6.07) is 9.15. The summed E-state index contributed by atoms with van der Waals surface area (Å²) < 4.78 is 0. The van der Waals surface area contributed by atoms with Crippen molar-refractivity contribution in [1.29, 1.82) is 0 Å². The molecule has 0 aliphatic heterocycles. The van der Waals surface area contributed by atoms with Gasteiger partial charge in [0.15, 0.2) is 5.11 Å². The van der Waals surface area contributed by atoms with Crippen molar-refractivity contribution < 1.29 is 0 Å². The van der Waals surface area contributed by atoms with Gasteiger partial charge in [-0.05, 0) is 41.6 Å². The lowest BCUT2D eigenvalue weighted by molar-refractivity contribution is 0.470. The van der Waals surface area contributed by atoms with E-state index >= 15 is 0 Å². The lowest BCUT2D eigenvalue weighted by Crippen LogP contribution is -2.37. The van der Waals surface area contributed by atoms with Gasteiger partial charge in [-0.25, -0.2) is 0 Å². The number of benzene rings is 1. The van der Waals surface area contributed by atoms with E-state index in [1.165, 1.54) is 11.1 Å². The van der Waals surface area contributed by atoms with Crippen molar-refractivity contribution in [2.75, 3.05) is 7.05 Å². The fourth-order valence-electron chi connectivity index (χ4n) is 2.18. The van der Waals surface area contributed by atoms with Crippen LogP contribution in [-0.2, 0) is 6.42 Å². The summed E-state index contributed by atoms with van der Waals surface area (Å²) >= 11 is 5.21. The van der Waals surface area contributed by atoms with Gasteiger partial charge < -0.3 is 10.6 Å². The van der Waals surface area contributed by atoms with Gasteiger partial charge in [-0.3, -0.25) is 0 Å². The highest BCUT2D eigenvalue weighted by Crippen LogP contribution is 2.22. The van der Waals surface area contributed by atoms with Gasteiger partial charge >= 0.3 is 0 Å². The Hall–Kier alpha value is -1.09. The molecule has 1 aromatic carbocycles. The molecule has 0 unspecified atom stereocenters. The Morgan fingerprint density at radius 2 is 1.68 bits per heavy atom. The van der Waals surface area contributed by atoms with Gasteiger partial charge in [0.05, 0.1) is 6.04 Å². The first-order chi connectivity index (χ1) is 8.93. The highest BCUT2D eigenvalue weighted by atomic mass is 32.1. The molecule has 0 radical (unpaired) electrons. The molecule has 0 saturated carbocycles. The summed E-state index contributed by atoms with van der Waals surface area (Å²) in [6.07, 6.45) is 1.13. The van der Waals surface area contributed by atoms with Crippen LogP contribution < -0.4 is 10.6 Å². The van der Waals surface area contributed by atoms with E-state index in [2.05, 4.69) is 62.6 Å². The van der Waals surface area contributed by atoms with Crippen LogP contribution in [0.5, 0.6) is 0 Å². The number of rotatable bonds is 5. The molecule has 1 aromatic rings. The molecule has 3 heteroatoms. The third-order valence-electron chi connectivity index (χ3n) is 3.16. The van der Waals surface area contributed by atoms with Crippen LogP contribution >= 0.6 is 12.2 Å². The maximum Gasteiger partial charge on any atom is 0.166 e. The smallest absolute Gasteiger partial charge is 0.166 e. The molecule has 1 atom stereocenters. The van der Waals surface area contributed by atoms with E-state index in [1.54, 1.807) is 0 Å². The van der Waals surface area contributed by atoms with Gasteiger partial charge in [0.25, 0.3) is 0 Å². The molecule has 0 aromatic heterocycles. The SMILES string of the molecule is CNC(=S)N[C@H](c1ccc(CC(C)C)cc1)C(C)C. The molecule has 2 nitrogen and oxygen atoms in total. The highest BCUT2D eigenvalue weighted by Gasteiger charge is 2.16. The number of nitrogens with one attached hydrogen (secondary N) is 2. The third kappa shape index (κ3) is 5.19. The van der Waals surface area contributed by atoms with Crippen LogP contribution in [0.1, 0.15) is 44.9 Å². The molecule has 0 spiro atoms. The van der Waals surface area contributed by atoms with Crippen molar-refractivity contribution in [3.8, 4) is 0 Å². The number of hydrogen-bond donors (Lipinski definition) is 2. The van der Waals surface area contributed by atoms with Crippen molar-refractivity contribution in [3.05, 3.63) is 35.4 Å². The fourth-order valence-corrected chi connectivity index (χ4v) is 2.31. The monoisotopic (exact) mass is 278 g/mol. The topological polar surface area (TPSA) is 24.1 Å². The van der Waals surface area contributed by atoms with Gasteiger partial charge in [-0.1, -0.05) is 52.0 Å². The molecular formula is C16H26N2S. The maximum absolute atomic E-state index is 5.21. The highest BCUT2D eigenvalue weighted by molar-refractivity contribution is 7.80. The minimum atomic E-state index is 0.257. The summed E-state index contributed by atoms with van der Waals surface area (Å²) in [5.74, 6) is 1.18. The second-order valence-corrected chi connectivity index (χ2v) is 6.19. The van der Waals surface area contributed by atoms with E-state index in [-0.39, 0.29) is 6.04 Å². The minimum absolute atomic E-state index is 0.257. The van der Waals surface area contributed by atoms with Crippen LogP contribution in [0, 0.1) is 11.8 Å². The molecule has 2 N–H and O–H groups in total. The lowest BCUT2D eigenvalue weighted by atomic mass is 9.94. The van der Waals surface area contributed by atoms with E-state index in [4.69, 9.17) is 12.2 Å². The first kappa shape index (κ1) is 16.0. The molecule has 0 amide bonds. The van der Waals surface area contributed by atoms with E-state index in [1.807, 2.05) is 7.05 Å². The Bertz CT molecular complexity index is 396. The molecule has 0 bridgehead atoms. The lowest BCUT2D eigenvalue weighted by Gasteiger charge is -2.24. The standard InChI is InChI=1S/C16H26N2S/c1-11(2)10-13-6-8-14(9-7-13)15(12(3)4)18-16(19)17-5/h6-9,11-12,15H,10H2,1-5H3,(H2,17,18,19)/t15-/m0/s1. The van der Waals surface area contributed by atoms with Crippen LogP contribution in [0.3, 0.4) is 0 Å². The fraction of sp³-hybridized carbons (Fsp3) is 0.562. The van der Waals surface area contributed by atoms with E-state index in [0.717, 1.165) is 6.42 Å². The second-order valence-electron chi connectivity index (χ2n) is 5.78. The third-order valence-corrected chi connectivity index (χ3v) is 3.49. The molecule has 1 rings (SSSR count). The molecular weight excluding hydrogens is 252 g/mol. The number of thiocarbonyl (C=S) groups is 1. The quantitative estimate of drug-likeness (QED) is 0.804. The molecule has 0 saturated heterocycles. The van der Waals surface area contributed by atoms with E-state index < -0.39 is 0 Å². The minimum Gasteiger partial charge on any atom is -0.366 e. The zero-order valence-electron chi connectivity index (χ0n) is 12.7. The summed E-state index contributed by atoms with van der Waals surface area (Å²) in [5.41, 5.74) is 2.69. The summed E-state index contributed by atoms with van der Waals surface area (Å²) in [5, 5.41) is 7.04. The molecule has 0 aliphatic rings. The van der Waals surface area contributed by atoms with Crippen molar-refractivity contribution >= 4 is 17.3 Å². The molecule has 0 heterocycles. The predicted molar refractivity (Wildman–Crippen MR) is 87.4 cm³/mol. The van der Waals surface area contributed by atoms with Crippen LogP contribution in [0.4, 0.5) is 0 Å². The van der Waals surface area contributed by atoms with Gasteiger partial charge in [0, 0.05) is 7.05 Å². The van der Waals surface area contributed by atoms with Crippen LogP contribution in [0.15, 0.2) is 24.3 Å². The summed E-state index contributed by atoms with van der Waals surface area (Å²) in [4.78, 5) is 0. The Morgan fingerprint density at radius 1 is 1.11 bits per heavy atom. The zero-order chi connectivity index (χ0) is 14.4. The van der Waals surface area contributed by atoms with Crippen LogP contribution in [-0.4, -0.2) is 12.2 Å². The van der Waals surface area contributed by atoms with Crippen molar-refractivity contribution in [1.82, 2.24) is 10.6 Å². The Kier molecular flexibility index (Phi) is 6.29. The van der Waals surface area contributed by atoms with Gasteiger partial charge in [0.1, 0.15) is 0 Å². The molecule has 106 valence electrons. The van der Waals surface area contributed by atoms with Gasteiger partial charge in [-0.15, -0.1) is 0 Å². The van der Waals surface area contributed by atoms with Crippen molar-refractivity contribution in [2.24, 2.45) is 11.8 Å². The Morgan fingerprint density at radius 3 is 2.11 bits per heavy atom. The second kappa shape index (κ2) is 7.49. The van der Waals surface area contributed by atoms with Crippen molar-refractivity contribution in [3.63, 3.8) is 0 Å². The summed E-state index contributed by atoms with van der Waals surface area (Å²) in [7, 11) is 1.85. The largest absolute Gasteiger partial charge is 0.366 e. The van der Waals surface area contributed by atoms with Crippen LogP contribution in [0.2, 0.25) is 0 Å². The van der Waals surface area contributed by atoms with E-state index in [0.29, 0.717) is 16.9 Å². The molecule has 19 heavy (non-hydrogen) atoms. The maximum atomic E-state index is 5.21. The van der Waals surface area contributed by atoms with Gasteiger partial charge in [0.2, 0.25) is 0 Å². The normalized spacial score (nSPS) is 12.6. The molecule has 0 aliphatic carbocycles. The zero-order valence-corrected chi connectivity index (χ0v) is 13.5. The average molecular weight is 278 g/mol. The Balaban J connectivity index is 2.82. The predicted octanol–water partition coefficient (Wildman–Crippen LogP) is 3.68. The first-order valence-electron chi connectivity index (χ1n) is 7.01. The average Bonchev–Trinajstić information content (AvgIpc) is 2.35.